The molecule has 0 heterocycles. The summed E-state index contributed by atoms with van der Waals surface area (Å²) in [6, 6.07) is 0. The van der Waals surface area contributed by atoms with Gasteiger partial charge >= 0.3 is 57.4 Å². The van der Waals surface area contributed by atoms with Crippen LogP contribution in [-0.4, -0.2) is 24.0 Å². The van der Waals surface area contributed by atoms with Crippen LogP contribution in [0.5, 0.6) is 0 Å². The fraction of sp³-hybridized carbons (Fsp3) is 0.333. The molecule has 0 aliphatic carbocycles. The number of hydrogen-bond donors (Lipinski definition) is 2. The van der Waals surface area contributed by atoms with Gasteiger partial charge in [0, 0.05) is 21.1 Å². The Labute approximate surface area is 109 Å². The number of nitrogens with one attached hydrogen (secondary N) is 1. The van der Waals surface area contributed by atoms with Gasteiger partial charge in [-0.1, -0.05) is 0 Å². The molecular weight excluding hydrogens is 321 g/mol. The van der Waals surface area contributed by atoms with Crippen molar-refractivity contribution in [3.63, 3.8) is 0 Å². The van der Waals surface area contributed by atoms with E-state index in [-0.39, 0.29) is 79.0 Å². The van der Waals surface area contributed by atoms with Gasteiger partial charge in [-0.2, -0.15) is 6.41 Å². The SMILES string of the molecule is O=[C-]NCC(=O)O.[K+].[W]. The van der Waals surface area contributed by atoms with Crippen molar-refractivity contribution in [2.75, 3.05) is 6.54 Å². The first-order valence-corrected chi connectivity index (χ1v) is 1.59. The molecule has 0 radical (unpaired) electrons. The van der Waals surface area contributed by atoms with Gasteiger partial charge in [0.1, 0.15) is 0 Å². The van der Waals surface area contributed by atoms with Crippen LogP contribution < -0.4 is 56.7 Å². The Morgan fingerprint density at radius 3 is 2.22 bits per heavy atom. The van der Waals surface area contributed by atoms with E-state index in [0.717, 1.165) is 0 Å². The monoisotopic (exact) mass is 325 g/mol. The van der Waals surface area contributed by atoms with Crippen molar-refractivity contribution in [2.45, 2.75) is 0 Å². The van der Waals surface area contributed by atoms with Crippen LogP contribution in [0.3, 0.4) is 0 Å². The third kappa shape index (κ3) is 17.6. The van der Waals surface area contributed by atoms with Crippen molar-refractivity contribution in [1.29, 1.82) is 0 Å². The summed E-state index contributed by atoms with van der Waals surface area (Å²) in [5.41, 5.74) is 0. The van der Waals surface area contributed by atoms with Crippen molar-refractivity contribution in [3.05, 3.63) is 0 Å². The van der Waals surface area contributed by atoms with Gasteiger partial charge in [0.2, 0.25) is 0 Å². The largest absolute Gasteiger partial charge is 1.00 e. The predicted octanol–water partition coefficient (Wildman–Crippen LogP) is -4.27. The Hall–Kier alpha value is 1.26. The second-order valence-electron chi connectivity index (χ2n) is 0.849. The van der Waals surface area contributed by atoms with E-state index in [0.29, 0.717) is 0 Å². The molecule has 0 saturated carbocycles. The molecule has 0 unspecified atom stereocenters. The van der Waals surface area contributed by atoms with Gasteiger partial charge in [-0.05, 0) is 0 Å². The molecule has 2 N–H and O–H groups in total. The number of carbonyl (C=O) groups is 1. The molecule has 0 bridgehead atoms. The first kappa shape index (κ1) is 16.7. The van der Waals surface area contributed by atoms with Gasteiger partial charge < -0.3 is 15.2 Å². The van der Waals surface area contributed by atoms with E-state index in [9.17, 15) is 9.59 Å². The smallest absolute Gasteiger partial charge is 0.521 e. The number of rotatable bonds is 3. The number of amides is 1. The molecule has 9 heavy (non-hydrogen) atoms. The number of hydrogen-bond acceptors (Lipinski definition) is 2. The molecule has 0 aromatic rings. The minimum absolute atomic E-state index is 0. The van der Waals surface area contributed by atoms with E-state index < -0.39 is 5.97 Å². The number of carboxylic acid groups (broad SMARTS) is 1. The minimum atomic E-state index is -1.07. The number of carboxylic acids is 1. The molecule has 0 saturated heterocycles. The Balaban J connectivity index is -0.000000180. The second-order valence-corrected chi connectivity index (χ2v) is 0.849. The molecule has 0 fully saturated rings. The normalized spacial score (nSPS) is 5.78. The molecule has 0 aromatic heterocycles. The van der Waals surface area contributed by atoms with Crippen molar-refractivity contribution < 1.29 is 87.1 Å². The van der Waals surface area contributed by atoms with Crippen molar-refractivity contribution in [3.8, 4) is 0 Å². The van der Waals surface area contributed by atoms with E-state index in [2.05, 4.69) is 0 Å². The van der Waals surface area contributed by atoms with Gasteiger partial charge in [0.15, 0.2) is 0 Å². The van der Waals surface area contributed by atoms with Crippen molar-refractivity contribution in [2.24, 2.45) is 0 Å². The van der Waals surface area contributed by atoms with Crippen LogP contribution in [0.2, 0.25) is 0 Å². The van der Waals surface area contributed by atoms with Crippen LogP contribution in [0.4, 0.5) is 0 Å². The van der Waals surface area contributed by atoms with Gasteiger partial charge in [-0.25, -0.2) is 0 Å². The van der Waals surface area contributed by atoms with Gasteiger partial charge in [0.05, 0.1) is 6.54 Å². The first-order chi connectivity index (χ1) is 3.27. The molecule has 1 amide bonds. The minimum Gasteiger partial charge on any atom is -0.521 e. The van der Waals surface area contributed by atoms with E-state index >= 15 is 0 Å². The van der Waals surface area contributed by atoms with Crippen LogP contribution in [0, 0.1) is 0 Å². The molecular formula is C3H4KNO3W. The summed E-state index contributed by atoms with van der Waals surface area (Å²) in [4.78, 5) is 18.7. The fourth-order valence-electron chi connectivity index (χ4n) is 0.112. The molecule has 0 aliphatic rings. The Bertz CT molecular complexity index is 89.1. The zero-order valence-electron chi connectivity index (χ0n) is 4.88. The number of aliphatic carboxylic acids is 1. The number of carbonyl (C=O) groups excluding carboxylic acids is 1. The van der Waals surface area contributed by atoms with Crippen molar-refractivity contribution in [1.82, 2.24) is 5.32 Å². The average molecular weight is 325 g/mol. The third-order valence-corrected chi connectivity index (χ3v) is 0.312. The molecule has 0 spiro atoms. The fourth-order valence-corrected chi connectivity index (χ4v) is 0.112. The summed E-state index contributed by atoms with van der Waals surface area (Å²) in [7, 11) is 0. The van der Waals surface area contributed by atoms with Crippen LogP contribution >= 0.6 is 0 Å². The first-order valence-electron chi connectivity index (χ1n) is 1.59. The summed E-state index contributed by atoms with van der Waals surface area (Å²) in [6.07, 6.45) is 1.22. The molecule has 6 heteroatoms. The van der Waals surface area contributed by atoms with Crippen molar-refractivity contribution >= 4 is 12.4 Å². The van der Waals surface area contributed by atoms with Crippen LogP contribution in [0.25, 0.3) is 0 Å². The molecule has 0 aromatic carbocycles. The maximum atomic E-state index is 9.52. The second kappa shape index (κ2) is 12.0. The van der Waals surface area contributed by atoms with E-state index in [1.165, 1.54) is 6.41 Å². The summed E-state index contributed by atoms with van der Waals surface area (Å²) in [6.45, 7) is -0.358. The van der Waals surface area contributed by atoms with Gasteiger partial charge in [-0.3, -0.25) is 4.79 Å². The molecule has 0 atom stereocenters. The topological polar surface area (TPSA) is 66.4 Å². The van der Waals surface area contributed by atoms with Crippen LogP contribution in [-0.2, 0) is 30.7 Å². The van der Waals surface area contributed by atoms with E-state index in [1.54, 1.807) is 0 Å². The van der Waals surface area contributed by atoms with Crippen LogP contribution in [0.1, 0.15) is 0 Å². The summed E-state index contributed by atoms with van der Waals surface area (Å²) in [5.74, 6) is -1.07. The Kier molecular flexibility index (Phi) is 22.2. The molecule has 4 nitrogen and oxygen atoms in total. The van der Waals surface area contributed by atoms with E-state index in [4.69, 9.17) is 5.11 Å². The molecule has 0 aliphatic heterocycles. The quantitative estimate of drug-likeness (QED) is 0.314. The molecule has 0 rings (SSSR count). The predicted molar refractivity (Wildman–Crippen MR) is 21.3 cm³/mol. The Morgan fingerprint density at radius 2 is 2.11 bits per heavy atom. The zero-order chi connectivity index (χ0) is 5.70. The maximum absolute atomic E-state index is 9.52. The zero-order valence-corrected chi connectivity index (χ0v) is 10.9. The summed E-state index contributed by atoms with van der Waals surface area (Å²) in [5, 5.41) is 9.65. The Morgan fingerprint density at radius 1 is 1.67 bits per heavy atom. The van der Waals surface area contributed by atoms with E-state index in [1.807, 2.05) is 5.32 Å². The maximum Gasteiger partial charge on any atom is 1.00 e. The van der Waals surface area contributed by atoms with Gasteiger partial charge in [0.25, 0.3) is 0 Å². The standard InChI is InChI=1S/C3H4NO3.K.W/c5-2-4-1-3(6)7;;/h1H2,(H,4,5)(H,6,7);;/q-1;+1;. The molecule has 46 valence electrons. The van der Waals surface area contributed by atoms with Crippen LogP contribution in [0.15, 0.2) is 0 Å². The third-order valence-electron chi connectivity index (χ3n) is 0.312. The summed E-state index contributed by atoms with van der Waals surface area (Å²) < 4.78 is 0. The average Bonchev–Trinajstić information content (AvgIpc) is 1.61. The van der Waals surface area contributed by atoms with Gasteiger partial charge in [-0.15, -0.1) is 0 Å². The summed E-state index contributed by atoms with van der Waals surface area (Å²) >= 11 is 0.